The summed E-state index contributed by atoms with van der Waals surface area (Å²) in [7, 11) is 3.97. The third-order valence-corrected chi connectivity index (χ3v) is 3.73. The third-order valence-electron chi connectivity index (χ3n) is 2.29. The minimum atomic E-state index is 0.355. The summed E-state index contributed by atoms with van der Waals surface area (Å²) < 4.78 is 0.467. The number of thiazole rings is 1. The number of rotatable bonds is 3. The van der Waals surface area contributed by atoms with Crippen LogP contribution in [0.3, 0.4) is 0 Å². The highest BCUT2D eigenvalue weighted by molar-refractivity contribution is 7.71. The lowest BCUT2D eigenvalue weighted by Gasteiger charge is -2.05. The minimum Gasteiger partial charge on any atom is -0.354 e. The quantitative estimate of drug-likeness (QED) is 0.841. The van der Waals surface area contributed by atoms with Crippen LogP contribution in [0.15, 0.2) is 0 Å². The molecular formula is C10H15N5S2. The molecule has 0 aliphatic carbocycles. The summed E-state index contributed by atoms with van der Waals surface area (Å²) in [6.07, 6.45) is 0. The van der Waals surface area contributed by atoms with Gasteiger partial charge in [0.15, 0.2) is 11.0 Å². The van der Waals surface area contributed by atoms with E-state index in [2.05, 4.69) is 34.0 Å². The maximum Gasteiger partial charge on any atom is 0.213 e. The van der Waals surface area contributed by atoms with Gasteiger partial charge in [0.05, 0.1) is 10.6 Å². The minimum absolute atomic E-state index is 0.355. The number of aromatic nitrogens is 4. The fraction of sp³-hybridized carbons (Fsp3) is 0.500. The Balaban J connectivity index is 2.55. The zero-order valence-corrected chi connectivity index (χ0v) is 11.9. The van der Waals surface area contributed by atoms with Crippen molar-refractivity contribution in [2.24, 2.45) is 0 Å². The van der Waals surface area contributed by atoms with Gasteiger partial charge in [0.25, 0.3) is 0 Å². The highest BCUT2D eigenvalue weighted by atomic mass is 32.1. The molecule has 92 valence electrons. The summed E-state index contributed by atoms with van der Waals surface area (Å²) in [5.74, 6) is 1.12. The number of anilines is 1. The van der Waals surface area contributed by atoms with Gasteiger partial charge < -0.3 is 4.90 Å². The van der Waals surface area contributed by atoms with Crippen molar-refractivity contribution >= 4 is 28.7 Å². The van der Waals surface area contributed by atoms with Crippen LogP contribution in [-0.4, -0.2) is 34.3 Å². The monoisotopic (exact) mass is 269 g/mol. The summed E-state index contributed by atoms with van der Waals surface area (Å²) in [6, 6.07) is 0. The first kappa shape index (κ1) is 12.3. The lowest BCUT2D eigenvalue weighted by Crippen LogP contribution is -2.08. The molecule has 17 heavy (non-hydrogen) atoms. The Morgan fingerprint density at radius 3 is 2.41 bits per heavy atom. The Morgan fingerprint density at radius 1 is 1.24 bits per heavy atom. The highest BCUT2D eigenvalue weighted by Crippen LogP contribution is 2.35. The summed E-state index contributed by atoms with van der Waals surface area (Å²) in [5, 5.41) is 6.77. The first-order chi connectivity index (χ1) is 7.99. The SMILES string of the molecule is CC(C)c1nc(N(C)C)sc1-c1nc(=S)[nH][nH]1. The number of H-pyrrole nitrogens is 2. The van der Waals surface area contributed by atoms with Gasteiger partial charge in [-0.15, -0.1) is 0 Å². The number of hydrogen-bond donors (Lipinski definition) is 2. The Hall–Kier alpha value is -1.21. The fourth-order valence-corrected chi connectivity index (χ4v) is 2.68. The molecule has 0 saturated carbocycles. The number of hydrogen-bond acceptors (Lipinski definition) is 5. The van der Waals surface area contributed by atoms with Crippen LogP contribution in [0.4, 0.5) is 5.13 Å². The molecule has 0 bridgehead atoms. The second-order valence-electron chi connectivity index (χ2n) is 4.28. The summed E-state index contributed by atoms with van der Waals surface area (Å²) >= 11 is 6.59. The van der Waals surface area contributed by atoms with Crippen molar-refractivity contribution < 1.29 is 0 Å². The van der Waals surface area contributed by atoms with Crippen LogP contribution in [-0.2, 0) is 0 Å². The predicted molar refractivity (Wildman–Crippen MR) is 73.3 cm³/mol. The molecule has 2 rings (SSSR count). The van der Waals surface area contributed by atoms with E-state index in [0.717, 1.165) is 21.5 Å². The Bertz CT molecular complexity index is 563. The first-order valence-corrected chi connectivity index (χ1v) is 6.54. The van der Waals surface area contributed by atoms with E-state index in [1.807, 2.05) is 19.0 Å². The smallest absolute Gasteiger partial charge is 0.213 e. The van der Waals surface area contributed by atoms with E-state index in [1.165, 1.54) is 0 Å². The fourth-order valence-electron chi connectivity index (χ4n) is 1.45. The van der Waals surface area contributed by atoms with Crippen LogP contribution in [0.1, 0.15) is 25.5 Å². The Kier molecular flexibility index (Phi) is 3.30. The maximum atomic E-state index is 4.98. The largest absolute Gasteiger partial charge is 0.354 e. The van der Waals surface area contributed by atoms with E-state index >= 15 is 0 Å². The highest BCUT2D eigenvalue weighted by Gasteiger charge is 2.18. The van der Waals surface area contributed by atoms with E-state index in [-0.39, 0.29) is 0 Å². The van der Waals surface area contributed by atoms with Crippen molar-refractivity contribution in [2.45, 2.75) is 19.8 Å². The predicted octanol–water partition coefficient (Wildman–Crippen LogP) is 2.78. The van der Waals surface area contributed by atoms with Crippen LogP contribution in [0, 0.1) is 4.77 Å². The molecular weight excluding hydrogens is 254 g/mol. The van der Waals surface area contributed by atoms with E-state index in [1.54, 1.807) is 11.3 Å². The molecule has 2 N–H and O–H groups in total. The van der Waals surface area contributed by atoms with Gasteiger partial charge in [-0.1, -0.05) is 25.2 Å². The zero-order valence-electron chi connectivity index (χ0n) is 10.2. The number of nitrogens with one attached hydrogen (secondary N) is 2. The van der Waals surface area contributed by atoms with Gasteiger partial charge in [0.2, 0.25) is 4.77 Å². The summed E-state index contributed by atoms with van der Waals surface area (Å²) in [6.45, 7) is 4.25. The average Bonchev–Trinajstić information content (AvgIpc) is 2.82. The molecule has 0 spiro atoms. The molecule has 2 aromatic heterocycles. The van der Waals surface area contributed by atoms with Gasteiger partial charge in [-0.25, -0.2) is 4.98 Å². The van der Waals surface area contributed by atoms with Crippen LogP contribution >= 0.6 is 23.6 Å². The molecule has 0 fully saturated rings. The van der Waals surface area contributed by atoms with Crippen LogP contribution in [0.5, 0.6) is 0 Å². The van der Waals surface area contributed by atoms with E-state index < -0.39 is 0 Å². The second kappa shape index (κ2) is 4.58. The lowest BCUT2D eigenvalue weighted by molar-refractivity contribution is 0.830. The Morgan fingerprint density at radius 2 is 1.94 bits per heavy atom. The zero-order chi connectivity index (χ0) is 12.6. The van der Waals surface area contributed by atoms with Crippen molar-refractivity contribution in [3.63, 3.8) is 0 Å². The van der Waals surface area contributed by atoms with Crippen molar-refractivity contribution in [1.82, 2.24) is 20.2 Å². The molecule has 0 aliphatic rings. The van der Waals surface area contributed by atoms with Crippen molar-refractivity contribution in [3.8, 4) is 10.7 Å². The van der Waals surface area contributed by atoms with Gasteiger partial charge in [-0.05, 0) is 18.1 Å². The van der Waals surface area contributed by atoms with Crippen molar-refractivity contribution in [1.29, 1.82) is 0 Å². The van der Waals surface area contributed by atoms with Gasteiger partial charge in [-0.2, -0.15) is 4.98 Å². The van der Waals surface area contributed by atoms with E-state index in [4.69, 9.17) is 12.2 Å². The molecule has 0 atom stereocenters. The molecule has 7 heteroatoms. The Labute approximate surface area is 109 Å². The number of nitrogens with zero attached hydrogens (tertiary/aromatic N) is 3. The van der Waals surface area contributed by atoms with E-state index in [0.29, 0.717) is 10.7 Å². The molecule has 0 radical (unpaired) electrons. The summed E-state index contributed by atoms with van der Waals surface area (Å²) in [5.41, 5.74) is 1.05. The molecule has 0 amide bonds. The molecule has 2 aromatic rings. The van der Waals surface area contributed by atoms with Crippen LogP contribution in [0.25, 0.3) is 10.7 Å². The molecule has 2 heterocycles. The second-order valence-corrected chi connectivity index (χ2v) is 5.64. The standard InChI is InChI=1S/C10H15N5S2/c1-5(2)6-7(8-12-9(16)14-13-8)17-10(11-6)15(3)4/h5H,1-4H3,(H2,12,13,14,16). The van der Waals surface area contributed by atoms with Crippen molar-refractivity contribution in [3.05, 3.63) is 10.5 Å². The lowest BCUT2D eigenvalue weighted by atomic mass is 10.1. The first-order valence-electron chi connectivity index (χ1n) is 5.32. The van der Waals surface area contributed by atoms with Gasteiger partial charge in [-0.3, -0.25) is 10.2 Å². The average molecular weight is 269 g/mol. The van der Waals surface area contributed by atoms with Crippen LogP contribution in [0.2, 0.25) is 0 Å². The van der Waals surface area contributed by atoms with Crippen LogP contribution < -0.4 is 4.90 Å². The van der Waals surface area contributed by atoms with Gasteiger partial charge in [0.1, 0.15) is 0 Å². The summed E-state index contributed by atoms with van der Waals surface area (Å²) in [4.78, 5) is 11.9. The molecule has 0 aromatic carbocycles. The topological polar surface area (TPSA) is 60.6 Å². The molecule has 5 nitrogen and oxygen atoms in total. The van der Waals surface area contributed by atoms with Gasteiger partial charge >= 0.3 is 0 Å². The molecule has 0 saturated heterocycles. The van der Waals surface area contributed by atoms with Crippen molar-refractivity contribution in [2.75, 3.05) is 19.0 Å². The third kappa shape index (κ3) is 2.39. The van der Waals surface area contributed by atoms with Gasteiger partial charge in [0, 0.05) is 14.1 Å². The molecule has 0 unspecified atom stereocenters. The molecule has 0 aliphatic heterocycles. The maximum absolute atomic E-state index is 4.98. The van der Waals surface area contributed by atoms with E-state index in [9.17, 15) is 0 Å². The normalized spacial score (nSPS) is 11.1. The number of aromatic amines is 2.